The fourth-order valence-electron chi connectivity index (χ4n) is 2.80. The van der Waals surface area contributed by atoms with Crippen LogP contribution in [0.2, 0.25) is 0 Å². The lowest BCUT2D eigenvalue weighted by Crippen LogP contribution is -2.31. The summed E-state index contributed by atoms with van der Waals surface area (Å²) in [5.74, 6) is 0.537. The summed E-state index contributed by atoms with van der Waals surface area (Å²) in [6, 6.07) is 16.4. The lowest BCUT2D eigenvalue weighted by atomic mass is 10.1. The fraction of sp³-hybridized carbons (Fsp3) is 0.200. The van der Waals surface area contributed by atoms with Gasteiger partial charge in [0, 0.05) is 12.4 Å². The first-order valence-electron chi connectivity index (χ1n) is 8.04. The van der Waals surface area contributed by atoms with Crippen LogP contribution in [-0.2, 0) is 0 Å². The van der Waals surface area contributed by atoms with Gasteiger partial charge >= 0.3 is 0 Å². The number of hydrogen-bond acceptors (Lipinski definition) is 3. The number of ether oxygens (including phenoxy) is 1. The normalized spacial score (nSPS) is 12.0. The van der Waals surface area contributed by atoms with Gasteiger partial charge in [0.2, 0.25) is 0 Å². The summed E-state index contributed by atoms with van der Waals surface area (Å²) in [4.78, 5) is 29.3. The van der Waals surface area contributed by atoms with E-state index in [0.29, 0.717) is 5.39 Å². The van der Waals surface area contributed by atoms with Gasteiger partial charge in [-0.05, 0) is 42.1 Å². The topological polar surface area (TPSA) is 62.4 Å². The van der Waals surface area contributed by atoms with Crippen molar-refractivity contribution in [2.45, 2.75) is 13.0 Å². The number of carbonyl (C=O) groups excluding carboxylic acids is 1. The summed E-state index contributed by atoms with van der Waals surface area (Å²) in [6.45, 7) is 1.94. The van der Waals surface area contributed by atoms with E-state index in [1.165, 1.54) is 0 Å². The number of pyridine rings is 1. The molecule has 128 valence electrons. The minimum atomic E-state index is -0.257. The van der Waals surface area contributed by atoms with Crippen LogP contribution in [0.25, 0.3) is 10.8 Å². The van der Waals surface area contributed by atoms with Gasteiger partial charge in [0.15, 0.2) is 0 Å². The molecule has 0 aliphatic heterocycles. The van der Waals surface area contributed by atoms with Crippen molar-refractivity contribution >= 4 is 16.7 Å². The molecule has 0 fully saturated rings. The number of benzene rings is 2. The molecule has 1 N–H and O–H groups in total. The number of nitrogens with one attached hydrogen (secondary N) is 1. The third-order valence-corrected chi connectivity index (χ3v) is 4.48. The molecule has 1 unspecified atom stereocenters. The van der Waals surface area contributed by atoms with E-state index in [9.17, 15) is 9.59 Å². The first-order valence-corrected chi connectivity index (χ1v) is 8.04. The molecule has 0 spiro atoms. The highest BCUT2D eigenvalue weighted by atomic mass is 16.5. The van der Waals surface area contributed by atoms with Gasteiger partial charge in [0.05, 0.1) is 13.2 Å². The van der Waals surface area contributed by atoms with Gasteiger partial charge in [-0.3, -0.25) is 9.59 Å². The fourth-order valence-corrected chi connectivity index (χ4v) is 2.80. The Morgan fingerprint density at radius 1 is 1.12 bits per heavy atom. The third kappa shape index (κ3) is 3.26. The Balaban J connectivity index is 1.90. The van der Waals surface area contributed by atoms with E-state index < -0.39 is 0 Å². The highest BCUT2D eigenvalue weighted by Gasteiger charge is 2.20. The molecule has 0 radical (unpaired) electrons. The SMILES string of the molecule is COc1ccc(C(C)N(C)C(=O)c2cc3ccccc3c(=O)[nH]2)cc1. The zero-order chi connectivity index (χ0) is 18.0. The average Bonchev–Trinajstić information content (AvgIpc) is 2.66. The second-order valence-electron chi connectivity index (χ2n) is 5.96. The molecule has 0 aliphatic carbocycles. The zero-order valence-corrected chi connectivity index (χ0v) is 14.4. The number of amides is 1. The van der Waals surface area contributed by atoms with Crippen LogP contribution in [0.5, 0.6) is 5.75 Å². The van der Waals surface area contributed by atoms with Crippen molar-refractivity contribution in [3.63, 3.8) is 0 Å². The summed E-state index contributed by atoms with van der Waals surface area (Å²) in [5.41, 5.74) is 1.01. The van der Waals surface area contributed by atoms with Crippen LogP contribution in [0, 0.1) is 0 Å². The molecule has 1 heterocycles. The second kappa shape index (κ2) is 6.81. The van der Waals surface area contributed by atoms with E-state index in [0.717, 1.165) is 16.7 Å². The molecule has 5 heteroatoms. The van der Waals surface area contributed by atoms with Gasteiger partial charge in [0.1, 0.15) is 11.4 Å². The van der Waals surface area contributed by atoms with Crippen molar-refractivity contribution in [1.29, 1.82) is 0 Å². The van der Waals surface area contributed by atoms with Crippen molar-refractivity contribution < 1.29 is 9.53 Å². The summed E-state index contributed by atoms with van der Waals surface area (Å²) >= 11 is 0. The van der Waals surface area contributed by atoms with E-state index >= 15 is 0 Å². The molecule has 1 aromatic heterocycles. The number of H-pyrrole nitrogens is 1. The first kappa shape index (κ1) is 16.8. The Hall–Kier alpha value is -3.08. The van der Waals surface area contributed by atoms with Crippen molar-refractivity contribution in [3.05, 3.63) is 76.2 Å². The average molecular weight is 336 g/mol. The molecule has 0 saturated heterocycles. The quantitative estimate of drug-likeness (QED) is 0.794. The van der Waals surface area contributed by atoms with Gasteiger partial charge in [-0.1, -0.05) is 30.3 Å². The summed E-state index contributed by atoms with van der Waals surface area (Å²) in [7, 11) is 3.34. The van der Waals surface area contributed by atoms with Crippen molar-refractivity contribution in [2.75, 3.05) is 14.2 Å². The second-order valence-corrected chi connectivity index (χ2v) is 5.96. The standard InChI is InChI=1S/C20H20N2O3/c1-13(14-8-10-16(25-3)11-9-14)22(2)20(24)18-12-15-6-4-5-7-17(15)19(23)21-18/h4-13H,1-3H3,(H,21,23). The van der Waals surface area contributed by atoms with Gasteiger partial charge in [0.25, 0.3) is 11.5 Å². The molecule has 25 heavy (non-hydrogen) atoms. The van der Waals surface area contributed by atoms with Crippen LogP contribution in [-0.4, -0.2) is 29.9 Å². The Morgan fingerprint density at radius 3 is 2.48 bits per heavy atom. The molecule has 0 aliphatic rings. The molecule has 3 aromatic rings. The maximum absolute atomic E-state index is 12.8. The largest absolute Gasteiger partial charge is 0.497 e. The van der Waals surface area contributed by atoms with E-state index in [1.54, 1.807) is 37.3 Å². The Kier molecular flexibility index (Phi) is 4.57. The van der Waals surface area contributed by atoms with Crippen molar-refractivity contribution in [2.24, 2.45) is 0 Å². The Morgan fingerprint density at radius 2 is 1.80 bits per heavy atom. The molecular weight excluding hydrogens is 316 g/mol. The summed E-state index contributed by atoms with van der Waals surface area (Å²) in [6.07, 6.45) is 0. The number of aromatic nitrogens is 1. The number of aromatic amines is 1. The number of methoxy groups -OCH3 is 1. The van der Waals surface area contributed by atoms with Crippen molar-refractivity contribution in [1.82, 2.24) is 9.88 Å². The molecule has 0 saturated carbocycles. The van der Waals surface area contributed by atoms with Crippen LogP contribution in [0.4, 0.5) is 0 Å². The van der Waals surface area contributed by atoms with E-state index in [2.05, 4.69) is 4.98 Å². The zero-order valence-electron chi connectivity index (χ0n) is 14.4. The molecule has 1 amide bonds. The monoisotopic (exact) mass is 336 g/mol. The van der Waals surface area contributed by atoms with Gasteiger partial charge in [-0.15, -0.1) is 0 Å². The molecular formula is C20H20N2O3. The van der Waals surface area contributed by atoms with Crippen LogP contribution < -0.4 is 10.3 Å². The predicted octanol–water partition coefficient (Wildman–Crippen LogP) is 3.37. The lowest BCUT2D eigenvalue weighted by Gasteiger charge is -2.25. The van der Waals surface area contributed by atoms with Crippen LogP contribution in [0.1, 0.15) is 29.0 Å². The lowest BCUT2D eigenvalue weighted by molar-refractivity contribution is 0.0736. The number of hydrogen-bond donors (Lipinski definition) is 1. The molecule has 3 rings (SSSR count). The smallest absolute Gasteiger partial charge is 0.270 e. The predicted molar refractivity (Wildman–Crippen MR) is 98.1 cm³/mol. The van der Waals surface area contributed by atoms with Gasteiger partial charge in [-0.25, -0.2) is 0 Å². The summed E-state index contributed by atoms with van der Waals surface area (Å²) in [5, 5.41) is 1.32. The highest BCUT2D eigenvalue weighted by Crippen LogP contribution is 2.23. The number of carbonyl (C=O) groups is 1. The van der Waals surface area contributed by atoms with Crippen LogP contribution >= 0.6 is 0 Å². The third-order valence-electron chi connectivity index (χ3n) is 4.48. The highest BCUT2D eigenvalue weighted by molar-refractivity contribution is 5.96. The minimum absolute atomic E-state index is 0.145. The number of rotatable bonds is 4. The number of nitrogens with zero attached hydrogens (tertiary/aromatic N) is 1. The van der Waals surface area contributed by atoms with Crippen molar-refractivity contribution in [3.8, 4) is 5.75 Å². The van der Waals surface area contributed by atoms with Gasteiger partial charge < -0.3 is 14.6 Å². The van der Waals surface area contributed by atoms with Gasteiger partial charge in [-0.2, -0.15) is 0 Å². The Bertz CT molecular complexity index is 961. The summed E-state index contributed by atoms with van der Waals surface area (Å²) < 4.78 is 5.16. The van der Waals surface area contributed by atoms with E-state index in [1.807, 2.05) is 43.3 Å². The molecule has 0 bridgehead atoms. The Labute approximate surface area is 145 Å². The van der Waals surface area contributed by atoms with E-state index in [4.69, 9.17) is 4.74 Å². The molecule has 1 atom stereocenters. The van der Waals surface area contributed by atoms with E-state index in [-0.39, 0.29) is 23.2 Å². The first-order chi connectivity index (χ1) is 12.0. The number of fused-ring (bicyclic) bond motifs is 1. The maximum Gasteiger partial charge on any atom is 0.270 e. The van der Waals surface area contributed by atoms with Crippen LogP contribution in [0.3, 0.4) is 0 Å². The molecule has 5 nitrogen and oxygen atoms in total. The molecule has 2 aromatic carbocycles. The minimum Gasteiger partial charge on any atom is -0.497 e. The maximum atomic E-state index is 12.8. The van der Waals surface area contributed by atoms with Crippen LogP contribution in [0.15, 0.2) is 59.4 Å².